The summed E-state index contributed by atoms with van der Waals surface area (Å²) in [6.45, 7) is 4.12. The number of benzene rings is 1. The number of carbonyl (C=O) groups is 1. The molecule has 0 bridgehead atoms. The zero-order chi connectivity index (χ0) is 12.1. The number of halogens is 2. The molecule has 1 amide bonds. The minimum Gasteiger partial charge on any atom is -0.351 e. The minimum absolute atomic E-state index is 0.113. The van der Waals surface area contributed by atoms with E-state index in [4.69, 9.17) is 0 Å². The normalized spacial score (nSPS) is 12.6. The molecule has 4 heteroatoms. The van der Waals surface area contributed by atoms with Crippen LogP contribution in [0.1, 0.15) is 19.4 Å². The molecule has 1 rings (SSSR count). The van der Waals surface area contributed by atoms with Gasteiger partial charge in [0.15, 0.2) is 0 Å². The van der Waals surface area contributed by atoms with Crippen LogP contribution < -0.4 is 5.32 Å². The van der Waals surface area contributed by atoms with Crippen LogP contribution in [0.3, 0.4) is 0 Å². The number of hydrogen-bond acceptors (Lipinski definition) is 1. The van der Waals surface area contributed by atoms with Gasteiger partial charge < -0.3 is 5.32 Å². The van der Waals surface area contributed by atoms with Gasteiger partial charge >= 0.3 is 0 Å². The second kappa shape index (κ2) is 5.99. The first-order valence-corrected chi connectivity index (χ1v) is 6.09. The predicted molar refractivity (Wildman–Crippen MR) is 65.8 cm³/mol. The Hall–Kier alpha value is -0.900. The van der Waals surface area contributed by atoms with Crippen LogP contribution >= 0.6 is 15.9 Å². The molecule has 16 heavy (non-hydrogen) atoms. The summed E-state index contributed by atoms with van der Waals surface area (Å²) in [5.74, 6) is -0.197. The van der Waals surface area contributed by atoms with Crippen molar-refractivity contribution in [2.24, 2.45) is 5.92 Å². The van der Waals surface area contributed by atoms with Crippen molar-refractivity contribution in [1.82, 2.24) is 5.32 Å². The third kappa shape index (κ3) is 3.59. The molecule has 0 aromatic heterocycles. The zero-order valence-corrected chi connectivity index (χ0v) is 10.9. The molecule has 0 heterocycles. The average molecular weight is 288 g/mol. The van der Waals surface area contributed by atoms with Crippen LogP contribution in [0.4, 0.5) is 4.39 Å². The van der Waals surface area contributed by atoms with Gasteiger partial charge in [0.2, 0.25) is 5.91 Å². The molecule has 1 aromatic carbocycles. The summed E-state index contributed by atoms with van der Waals surface area (Å²) < 4.78 is 13.2. The smallest absolute Gasteiger partial charge is 0.234 e. The van der Waals surface area contributed by atoms with E-state index in [1.54, 1.807) is 18.2 Å². The van der Waals surface area contributed by atoms with Gasteiger partial charge in [0, 0.05) is 12.1 Å². The first-order chi connectivity index (χ1) is 7.52. The van der Waals surface area contributed by atoms with Crippen LogP contribution in [0.5, 0.6) is 0 Å². The Morgan fingerprint density at radius 1 is 1.44 bits per heavy atom. The summed E-state index contributed by atoms with van der Waals surface area (Å²) >= 11 is 3.29. The highest BCUT2D eigenvalue weighted by Gasteiger charge is 2.18. The number of rotatable bonds is 4. The monoisotopic (exact) mass is 287 g/mol. The summed E-state index contributed by atoms with van der Waals surface area (Å²) in [5, 5.41) is 2.70. The Kier molecular flexibility index (Phi) is 4.93. The highest BCUT2D eigenvalue weighted by molar-refractivity contribution is 9.10. The van der Waals surface area contributed by atoms with Crippen molar-refractivity contribution in [1.29, 1.82) is 0 Å². The zero-order valence-electron chi connectivity index (χ0n) is 9.34. The van der Waals surface area contributed by atoms with Crippen molar-refractivity contribution in [3.05, 3.63) is 35.6 Å². The second-order valence-electron chi connectivity index (χ2n) is 3.95. The van der Waals surface area contributed by atoms with Gasteiger partial charge in [-0.05, 0) is 12.0 Å². The molecule has 88 valence electrons. The Balaban J connectivity index is 2.52. The first kappa shape index (κ1) is 13.2. The maximum Gasteiger partial charge on any atom is 0.234 e. The summed E-state index contributed by atoms with van der Waals surface area (Å²) in [6, 6.07) is 6.42. The highest BCUT2D eigenvalue weighted by atomic mass is 79.9. The fraction of sp³-hybridized carbons (Fsp3) is 0.417. The standard InChI is InChI=1S/C12H15BrFNO/c1-8(2)11(13)12(16)15-7-9-5-3-4-6-10(9)14/h3-6,8,11H,7H2,1-2H3,(H,15,16). The quantitative estimate of drug-likeness (QED) is 0.848. The fourth-order valence-electron chi connectivity index (χ4n) is 1.22. The van der Waals surface area contributed by atoms with Crippen LogP contribution in [0.25, 0.3) is 0 Å². The molecule has 0 aliphatic carbocycles. The van der Waals surface area contributed by atoms with Crippen molar-refractivity contribution in [3.63, 3.8) is 0 Å². The maximum absolute atomic E-state index is 13.2. The van der Waals surface area contributed by atoms with E-state index in [1.807, 2.05) is 13.8 Å². The number of carbonyl (C=O) groups excluding carboxylic acids is 1. The molecule has 0 aliphatic heterocycles. The van der Waals surface area contributed by atoms with Gasteiger partial charge in [0.05, 0.1) is 4.83 Å². The average Bonchev–Trinajstić information content (AvgIpc) is 2.26. The Morgan fingerprint density at radius 3 is 2.62 bits per heavy atom. The van der Waals surface area contributed by atoms with E-state index in [9.17, 15) is 9.18 Å². The largest absolute Gasteiger partial charge is 0.351 e. The van der Waals surface area contributed by atoms with Crippen LogP contribution in [-0.4, -0.2) is 10.7 Å². The SMILES string of the molecule is CC(C)C(Br)C(=O)NCc1ccccc1F. The van der Waals surface area contributed by atoms with E-state index in [2.05, 4.69) is 21.2 Å². The van der Waals surface area contributed by atoms with Crippen molar-refractivity contribution >= 4 is 21.8 Å². The van der Waals surface area contributed by atoms with Crippen LogP contribution in [0.15, 0.2) is 24.3 Å². The van der Waals surface area contributed by atoms with Gasteiger partial charge in [-0.2, -0.15) is 0 Å². The summed E-state index contributed by atoms with van der Waals surface area (Å²) in [4.78, 5) is 11.4. The molecular formula is C12H15BrFNO. The van der Waals surface area contributed by atoms with Gasteiger partial charge in [0.1, 0.15) is 5.82 Å². The van der Waals surface area contributed by atoms with Crippen molar-refractivity contribution in [2.75, 3.05) is 0 Å². The first-order valence-electron chi connectivity index (χ1n) is 5.17. The Morgan fingerprint density at radius 2 is 2.06 bits per heavy atom. The topological polar surface area (TPSA) is 29.1 Å². The van der Waals surface area contributed by atoms with E-state index in [0.717, 1.165) is 0 Å². The lowest BCUT2D eigenvalue weighted by Gasteiger charge is -2.13. The molecule has 0 saturated heterocycles. The second-order valence-corrected chi connectivity index (χ2v) is 4.94. The lowest BCUT2D eigenvalue weighted by atomic mass is 10.1. The molecule has 2 nitrogen and oxygen atoms in total. The molecule has 0 radical (unpaired) electrons. The van der Waals surface area contributed by atoms with Crippen LogP contribution in [0, 0.1) is 11.7 Å². The molecule has 1 aromatic rings. The van der Waals surface area contributed by atoms with Gasteiger partial charge in [-0.25, -0.2) is 4.39 Å². The van der Waals surface area contributed by atoms with E-state index in [0.29, 0.717) is 5.56 Å². The van der Waals surface area contributed by atoms with Crippen molar-refractivity contribution < 1.29 is 9.18 Å². The summed E-state index contributed by atoms with van der Waals surface area (Å²) in [5.41, 5.74) is 0.499. The van der Waals surface area contributed by atoms with Gasteiger partial charge in [0.25, 0.3) is 0 Å². The van der Waals surface area contributed by atoms with Gasteiger partial charge in [-0.1, -0.05) is 48.0 Å². The number of alkyl halides is 1. The highest BCUT2D eigenvalue weighted by Crippen LogP contribution is 2.12. The van der Waals surface area contributed by atoms with Crippen molar-refractivity contribution in [3.8, 4) is 0 Å². The molecule has 1 unspecified atom stereocenters. The molecule has 0 fully saturated rings. The number of hydrogen-bond donors (Lipinski definition) is 1. The van der Waals surface area contributed by atoms with Crippen LogP contribution in [-0.2, 0) is 11.3 Å². The van der Waals surface area contributed by atoms with E-state index < -0.39 is 0 Å². The lowest BCUT2D eigenvalue weighted by Crippen LogP contribution is -2.33. The number of nitrogens with one attached hydrogen (secondary N) is 1. The molecule has 0 spiro atoms. The van der Waals surface area contributed by atoms with Crippen LogP contribution in [0.2, 0.25) is 0 Å². The third-order valence-corrected chi connectivity index (χ3v) is 3.72. The van der Waals surface area contributed by atoms with E-state index >= 15 is 0 Å². The fourth-order valence-corrected chi connectivity index (χ4v) is 1.39. The Bertz CT molecular complexity index is 368. The van der Waals surface area contributed by atoms with Crippen molar-refractivity contribution in [2.45, 2.75) is 25.2 Å². The predicted octanol–water partition coefficient (Wildman–Crippen LogP) is 2.86. The van der Waals surface area contributed by atoms with E-state index in [1.165, 1.54) is 6.07 Å². The minimum atomic E-state index is -0.293. The van der Waals surface area contributed by atoms with Gasteiger partial charge in [-0.3, -0.25) is 4.79 Å². The molecule has 1 N–H and O–H groups in total. The molecule has 0 aliphatic rings. The molecular weight excluding hydrogens is 273 g/mol. The summed E-state index contributed by atoms with van der Waals surface area (Å²) in [6.07, 6.45) is 0. The molecule has 0 saturated carbocycles. The molecule has 1 atom stereocenters. The van der Waals surface area contributed by atoms with Gasteiger partial charge in [-0.15, -0.1) is 0 Å². The number of amides is 1. The third-order valence-electron chi connectivity index (χ3n) is 2.25. The summed E-state index contributed by atoms with van der Waals surface area (Å²) in [7, 11) is 0. The Labute approximate surface area is 103 Å². The maximum atomic E-state index is 13.2. The lowest BCUT2D eigenvalue weighted by molar-refractivity contribution is -0.121. The van der Waals surface area contributed by atoms with E-state index in [-0.39, 0.29) is 29.0 Å².